The van der Waals surface area contributed by atoms with E-state index in [-0.39, 0.29) is 17.1 Å². The van der Waals surface area contributed by atoms with Crippen molar-refractivity contribution in [2.45, 2.75) is 18.4 Å². The van der Waals surface area contributed by atoms with E-state index in [4.69, 9.17) is 16.3 Å². The Bertz CT molecular complexity index is 475. The van der Waals surface area contributed by atoms with E-state index in [0.717, 1.165) is 6.07 Å². The molecule has 0 spiro atoms. The molecule has 1 aliphatic rings. The van der Waals surface area contributed by atoms with Gasteiger partial charge in [0.2, 0.25) is 0 Å². The number of aliphatic hydroxyl groups is 1. The SMILES string of the molecule is O=C(NCC1(O)CCOCC1)c1ccc(Cl)cc1F. The zero-order valence-corrected chi connectivity index (χ0v) is 11.0. The number of hydrogen-bond acceptors (Lipinski definition) is 3. The van der Waals surface area contributed by atoms with Gasteiger partial charge in [0.1, 0.15) is 5.82 Å². The smallest absolute Gasteiger partial charge is 0.254 e. The maximum Gasteiger partial charge on any atom is 0.254 e. The minimum atomic E-state index is -0.975. The second kappa shape index (κ2) is 5.86. The number of halogens is 2. The van der Waals surface area contributed by atoms with Gasteiger partial charge in [-0.1, -0.05) is 11.6 Å². The Morgan fingerprint density at radius 1 is 1.47 bits per heavy atom. The molecule has 1 aliphatic heterocycles. The van der Waals surface area contributed by atoms with Crippen LogP contribution in [0.15, 0.2) is 18.2 Å². The fourth-order valence-electron chi connectivity index (χ4n) is 1.94. The molecule has 0 aromatic heterocycles. The van der Waals surface area contributed by atoms with Crippen LogP contribution in [0.2, 0.25) is 5.02 Å². The molecule has 1 heterocycles. The van der Waals surface area contributed by atoms with Crippen molar-refractivity contribution in [2.24, 2.45) is 0 Å². The van der Waals surface area contributed by atoms with Gasteiger partial charge in [0.05, 0.1) is 11.2 Å². The molecule has 2 rings (SSSR count). The monoisotopic (exact) mass is 287 g/mol. The van der Waals surface area contributed by atoms with Gasteiger partial charge in [-0.25, -0.2) is 4.39 Å². The van der Waals surface area contributed by atoms with Gasteiger partial charge < -0.3 is 15.2 Å². The normalized spacial score (nSPS) is 18.1. The number of benzene rings is 1. The van der Waals surface area contributed by atoms with E-state index in [1.54, 1.807) is 0 Å². The summed E-state index contributed by atoms with van der Waals surface area (Å²) >= 11 is 5.62. The van der Waals surface area contributed by atoms with Crippen molar-refractivity contribution in [1.82, 2.24) is 5.32 Å². The lowest BCUT2D eigenvalue weighted by Gasteiger charge is -2.32. The van der Waals surface area contributed by atoms with Gasteiger partial charge in [-0.3, -0.25) is 4.79 Å². The molecule has 0 atom stereocenters. The van der Waals surface area contributed by atoms with Gasteiger partial charge in [-0.2, -0.15) is 0 Å². The number of rotatable bonds is 3. The van der Waals surface area contributed by atoms with Crippen molar-refractivity contribution in [3.63, 3.8) is 0 Å². The largest absolute Gasteiger partial charge is 0.388 e. The second-order valence-electron chi connectivity index (χ2n) is 4.64. The van der Waals surface area contributed by atoms with Crippen molar-refractivity contribution in [3.05, 3.63) is 34.6 Å². The van der Waals surface area contributed by atoms with E-state index in [2.05, 4.69) is 5.32 Å². The van der Waals surface area contributed by atoms with E-state index < -0.39 is 17.3 Å². The lowest BCUT2D eigenvalue weighted by molar-refractivity contribution is -0.0605. The molecule has 1 aromatic rings. The predicted octanol–water partition coefficient (Wildman–Crippen LogP) is 1.75. The third-order valence-corrected chi connectivity index (χ3v) is 3.41. The second-order valence-corrected chi connectivity index (χ2v) is 5.08. The Morgan fingerprint density at radius 3 is 2.79 bits per heavy atom. The lowest BCUT2D eigenvalue weighted by atomic mass is 9.94. The van der Waals surface area contributed by atoms with E-state index in [0.29, 0.717) is 26.1 Å². The number of carbonyl (C=O) groups is 1. The summed E-state index contributed by atoms with van der Waals surface area (Å²) in [5, 5.41) is 12.9. The maximum atomic E-state index is 13.5. The van der Waals surface area contributed by atoms with Gasteiger partial charge in [-0.05, 0) is 18.2 Å². The first kappa shape index (κ1) is 14.2. The standard InChI is InChI=1S/C13H15ClFNO3/c14-9-1-2-10(11(15)7-9)12(17)16-8-13(18)3-5-19-6-4-13/h1-2,7,18H,3-6,8H2,(H,16,17). The van der Waals surface area contributed by atoms with Crippen LogP contribution < -0.4 is 5.32 Å². The molecule has 1 saturated heterocycles. The van der Waals surface area contributed by atoms with Crippen LogP contribution in [-0.2, 0) is 4.74 Å². The zero-order valence-electron chi connectivity index (χ0n) is 10.3. The van der Waals surface area contributed by atoms with Gasteiger partial charge in [0.15, 0.2) is 0 Å². The van der Waals surface area contributed by atoms with Crippen LogP contribution in [0.4, 0.5) is 4.39 Å². The van der Waals surface area contributed by atoms with E-state index in [9.17, 15) is 14.3 Å². The van der Waals surface area contributed by atoms with E-state index in [1.807, 2.05) is 0 Å². The molecule has 1 fully saturated rings. The molecule has 1 aromatic carbocycles. The number of ether oxygens (including phenoxy) is 1. The number of carbonyl (C=O) groups excluding carboxylic acids is 1. The molecule has 0 radical (unpaired) electrons. The summed E-state index contributed by atoms with van der Waals surface area (Å²) < 4.78 is 18.7. The summed E-state index contributed by atoms with van der Waals surface area (Å²) in [6, 6.07) is 3.85. The molecular formula is C13H15ClFNO3. The first-order chi connectivity index (χ1) is 9.00. The fourth-order valence-corrected chi connectivity index (χ4v) is 2.10. The molecular weight excluding hydrogens is 273 g/mol. The first-order valence-electron chi connectivity index (χ1n) is 6.04. The van der Waals surface area contributed by atoms with E-state index >= 15 is 0 Å². The summed E-state index contributed by atoms with van der Waals surface area (Å²) in [6.45, 7) is 1.00. The third-order valence-electron chi connectivity index (χ3n) is 3.18. The quantitative estimate of drug-likeness (QED) is 0.890. The Balaban J connectivity index is 1.97. The Morgan fingerprint density at radius 2 is 2.16 bits per heavy atom. The molecule has 2 N–H and O–H groups in total. The van der Waals surface area contributed by atoms with Gasteiger partial charge in [-0.15, -0.1) is 0 Å². The summed E-state index contributed by atoms with van der Waals surface area (Å²) in [6.07, 6.45) is 0.909. The summed E-state index contributed by atoms with van der Waals surface area (Å²) in [5.74, 6) is -1.24. The average molecular weight is 288 g/mol. The summed E-state index contributed by atoms with van der Waals surface area (Å²) in [7, 11) is 0. The average Bonchev–Trinajstić information content (AvgIpc) is 2.37. The lowest BCUT2D eigenvalue weighted by Crippen LogP contribution is -2.46. The molecule has 1 amide bonds. The van der Waals surface area contributed by atoms with Crippen molar-refractivity contribution < 1.29 is 19.0 Å². The predicted molar refractivity (Wildman–Crippen MR) is 68.7 cm³/mol. The van der Waals surface area contributed by atoms with Crippen molar-refractivity contribution in [3.8, 4) is 0 Å². The molecule has 0 bridgehead atoms. The van der Waals surface area contributed by atoms with Gasteiger partial charge in [0.25, 0.3) is 5.91 Å². The van der Waals surface area contributed by atoms with E-state index in [1.165, 1.54) is 12.1 Å². The minimum Gasteiger partial charge on any atom is -0.388 e. The first-order valence-corrected chi connectivity index (χ1v) is 6.41. The Kier molecular flexibility index (Phi) is 4.39. The molecule has 6 heteroatoms. The highest BCUT2D eigenvalue weighted by Gasteiger charge is 2.30. The molecule has 104 valence electrons. The van der Waals surface area contributed by atoms with Crippen molar-refractivity contribution >= 4 is 17.5 Å². The molecule has 0 unspecified atom stereocenters. The minimum absolute atomic E-state index is 0.0806. The summed E-state index contributed by atoms with van der Waals surface area (Å²) in [5.41, 5.74) is -1.06. The van der Waals surface area contributed by atoms with Crippen molar-refractivity contribution in [2.75, 3.05) is 19.8 Å². The van der Waals surface area contributed by atoms with Crippen LogP contribution in [0.3, 0.4) is 0 Å². The van der Waals surface area contributed by atoms with Crippen LogP contribution >= 0.6 is 11.6 Å². The van der Waals surface area contributed by atoms with Gasteiger partial charge in [0, 0.05) is 37.6 Å². The number of amides is 1. The highest BCUT2D eigenvalue weighted by molar-refractivity contribution is 6.30. The topological polar surface area (TPSA) is 58.6 Å². The third kappa shape index (κ3) is 3.65. The highest BCUT2D eigenvalue weighted by atomic mass is 35.5. The van der Waals surface area contributed by atoms with Crippen LogP contribution in [0.1, 0.15) is 23.2 Å². The molecule has 0 aliphatic carbocycles. The van der Waals surface area contributed by atoms with Crippen LogP contribution in [0, 0.1) is 5.82 Å². The maximum absolute atomic E-state index is 13.5. The molecule has 19 heavy (non-hydrogen) atoms. The molecule has 0 saturated carbocycles. The Hall–Kier alpha value is -1.17. The summed E-state index contributed by atoms with van der Waals surface area (Å²) in [4.78, 5) is 11.8. The van der Waals surface area contributed by atoms with Crippen LogP contribution in [0.25, 0.3) is 0 Å². The van der Waals surface area contributed by atoms with Crippen LogP contribution in [0.5, 0.6) is 0 Å². The number of hydrogen-bond donors (Lipinski definition) is 2. The number of nitrogens with one attached hydrogen (secondary N) is 1. The Labute approximate surface area is 115 Å². The van der Waals surface area contributed by atoms with Gasteiger partial charge >= 0.3 is 0 Å². The van der Waals surface area contributed by atoms with Crippen molar-refractivity contribution in [1.29, 1.82) is 0 Å². The fraction of sp³-hybridized carbons (Fsp3) is 0.462. The highest BCUT2D eigenvalue weighted by Crippen LogP contribution is 2.20. The zero-order chi connectivity index (χ0) is 13.9. The molecule has 4 nitrogen and oxygen atoms in total. The van der Waals surface area contributed by atoms with Crippen LogP contribution in [-0.4, -0.2) is 36.4 Å².